The molecule has 2 nitrogen and oxygen atoms in total. The number of carbonyl (C=O) groups excluding carboxylic acids is 1. The number of carbonyl (C=O) groups is 1. The van der Waals surface area contributed by atoms with Crippen molar-refractivity contribution in [3.63, 3.8) is 0 Å². The van der Waals surface area contributed by atoms with Crippen LogP contribution in [-0.2, 0) is 9.53 Å². The van der Waals surface area contributed by atoms with Gasteiger partial charge in [-0.25, -0.2) is 4.79 Å². The molecule has 0 saturated heterocycles. The zero-order chi connectivity index (χ0) is 7.49. The van der Waals surface area contributed by atoms with Gasteiger partial charge in [-0.05, 0) is 0 Å². The SMILES string of the molecule is C=COC(=O)C(C)(F)F. The lowest BCUT2D eigenvalue weighted by Gasteiger charge is -2.04. The first-order valence-corrected chi connectivity index (χ1v) is 2.18. The van der Waals surface area contributed by atoms with Crippen molar-refractivity contribution >= 4 is 5.97 Å². The van der Waals surface area contributed by atoms with Gasteiger partial charge in [0, 0.05) is 6.92 Å². The van der Waals surface area contributed by atoms with Gasteiger partial charge >= 0.3 is 11.9 Å². The highest BCUT2D eigenvalue weighted by molar-refractivity contribution is 5.77. The molecule has 4 heteroatoms. The lowest BCUT2D eigenvalue weighted by atomic mass is 10.4. The molecule has 0 aliphatic carbocycles. The molecular weight excluding hydrogens is 130 g/mol. The molecule has 0 aromatic heterocycles. The van der Waals surface area contributed by atoms with Gasteiger partial charge in [0.2, 0.25) is 0 Å². The zero-order valence-corrected chi connectivity index (χ0v) is 4.86. The Labute approximate surface area is 51.1 Å². The predicted molar refractivity (Wildman–Crippen MR) is 26.9 cm³/mol. The predicted octanol–water partition coefficient (Wildman–Crippen LogP) is 1.33. The van der Waals surface area contributed by atoms with E-state index < -0.39 is 11.9 Å². The van der Waals surface area contributed by atoms with Crippen molar-refractivity contribution in [2.24, 2.45) is 0 Å². The molecule has 0 aromatic carbocycles. The molecule has 0 radical (unpaired) electrons. The lowest BCUT2D eigenvalue weighted by molar-refractivity contribution is -0.162. The molecule has 0 spiro atoms. The summed E-state index contributed by atoms with van der Waals surface area (Å²) in [5.41, 5.74) is 0. The van der Waals surface area contributed by atoms with Crippen molar-refractivity contribution in [3.05, 3.63) is 12.8 Å². The highest BCUT2D eigenvalue weighted by Crippen LogP contribution is 2.12. The van der Waals surface area contributed by atoms with E-state index in [1.165, 1.54) is 0 Å². The molecule has 0 amide bonds. The summed E-state index contributed by atoms with van der Waals surface area (Å²) in [6.07, 6.45) is 0.666. The van der Waals surface area contributed by atoms with Crippen LogP contribution in [0.3, 0.4) is 0 Å². The Morgan fingerprint density at radius 1 is 1.78 bits per heavy atom. The largest absolute Gasteiger partial charge is 0.431 e. The van der Waals surface area contributed by atoms with Crippen LogP contribution in [0.2, 0.25) is 0 Å². The number of hydrogen-bond acceptors (Lipinski definition) is 2. The van der Waals surface area contributed by atoms with Gasteiger partial charge in [-0.3, -0.25) is 0 Å². The molecular formula is C5H6F2O2. The summed E-state index contributed by atoms with van der Waals surface area (Å²) in [6, 6.07) is 0. The fraction of sp³-hybridized carbons (Fsp3) is 0.400. The first kappa shape index (κ1) is 8.07. The number of ether oxygens (including phenoxy) is 1. The molecule has 0 rings (SSSR count). The minimum atomic E-state index is -3.42. The second kappa shape index (κ2) is 2.57. The Morgan fingerprint density at radius 3 is 2.33 bits per heavy atom. The van der Waals surface area contributed by atoms with Crippen LogP contribution < -0.4 is 0 Å². The summed E-state index contributed by atoms with van der Waals surface area (Å²) in [5.74, 6) is -5.01. The third kappa shape index (κ3) is 2.79. The van der Waals surface area contributed by atoms with E-state index in [2.05, 4.69) is 11.3 Å². The number of rotatable bonds is 2. The summed E-state index contributed by atoms with van der Waals surface area (Å²) in [6.45, 7) is 3.39. The van der Waals surface area contributed by atoms with E-state index in [0.29, 0.717) is 13.2 Å². The first-order chi connectivity index (χ1) is 3.98. The number of halogens is 2. The Balaban J connectivity index is 3.88. The van der Waals surface area contributed by atoms with Gasteiger partial charge in [0.25, 0.3) is 0 Å². The number of esters is 1. The maximum absolute atomic E-state index is 11.8. The summed E-state index contributed by atoms with van der Waals surface area (Å²) >= 11 is 0. The van der Waals surface area contributed by atoms with E-state index in [9.17, 15) is 13.6 Å². The average molecular weight is 136 g/mol. The van der Waals surface area contributed by atoms with Crippen LogP contribution in [-0.4, -0.2) is 11.9 Å². The smallest absolute Gasteiger partial charge is 0.381 e. The van der Waals surface area contributed by atoms with Gasteiger partial charge in [-0.2, -0.15) is 8.78 Å². The Morgan fingerprint density at radius 2 is 2.22 bits per heavy atom. The van der Waals surface area contributed by atoms with E-state index in [1.807, 2.05) is 0 Å². The molecule has 0 atom stereocenters. The van der Waals surface area contributed by atoms with E-state index >= 15 is 0 Å². The molecule has 9 heavy (non-hydrogen) atoms. The Kier molecular flexibility index (Phi) is 2.30. The lowest BCUT2D eigenvalue weighted by Crippen LogP contribution is -2.24. The van der Waals surface area contributed by atoms with Gasteiger partial charge in [-0.15, -0.1) is 0 Å². The summed E-state index contributed by atoms with van der Waals surface area (Å²) in [4.78, 5) is 10.0. The van der Waals surface area contributed by atoms with Crippen molar-refractivity contribution in [1.29, 1.82) is 0 Å². The monoisotopic (exact) mass is 136 g/mol. The van der Waals surface area contributed by atoms with Crippen LogP contribution >= 0.6 is 0 Å². The fourth-order valence-electron chi connectivity index (χ4n) is 0.179. The molecule has 0 heterocycles. The quantitative estimate of drug-likeness (QED) is 0.422. The van der Waals surface area contributed by atoms with E-state index in [1.54, 1.807) is 0 Å². The second-order valence-corrected chi connectivity index (χ2v) is 1.46. The van der Waals surface area contributed by atoms with Crippen molar-refractivity contribution in [2.45, 2.75) is 12.8 Å². The molecule has 0 aliphatic heterocycles. The third-order valence-electron chi connectivity index (χ3n) is 0.549. The number of alkyl halides is 2. The molecule has 0 aromatic rings. The topological polar surface area (TPSA) is 26.3 Å². The Hall–Kier alpha value is -0.930. The second-order valence-electron chi connectivity index (χ2n) is 1.46. The van der Waals surface area contributed by atoms with E-state index in [-0.39, 0.29) is 0 Å². The van der Waals surface area contributed by atoms with E-state index in [0.717, 1.165) is 0 Å². The normalized spacial score (nSPS) is 10.6. The van der Waals surface area contributed by atoms with Crippen molar-refractivity contribution < 1.29 is 18.3 Å². The van der Waals surface area contributed by atoms with Crippen LogP contribution in [0.4, 0.5) is 8.78 Å². The fourth-order valence-corrected chi connectivity index (χ4v) is 0.179. The van der Waals surface area contributed by atoms with Crippen LogP contribution in [0.5, 0.6) is 0 Å². The van der Waals surface area contributed by atoms with Gasteiger partial charge in [-0.1, -0.05) is 6.58 Å². The minimum Gasteiger partial charge on any atom is -0.431 e. The van der Waals surface area contributed by atoms with Crippen molar-refractivity contribution in [3.8, 4) is 0 Å². The summed E-state index contributed by atoms with van der Waals surface area (Å²) in [5, 5.41) is 0. The molecule has 0 N–H and O–H groups in total. The highest BCUT2D eigenvalue weighted by atomic mass is 19.3. The zero-order valence-electron chi connectivity index (χ0n) is 4.86. The molecule has 0 saturated carbocycles. The van der Waals surface area contributed by atoms with Crippen LogP contribution in [0.15, 0.2) is 12.8 Å². The number of hydrogen-bond donors (Lipinski definition) is 0. The van der Waals surface area contributed by atoms with Crippen LogP contribution in [0.25, 0.3) is 0 Å². The Bertz CT molecular complexity index is 125. The molecule has 0 fully saturated rings. The summed E-state index contributed by atoms with van der Waals surface area (Å²) < 4.78 is 27.3. The van der Waals surface area contributed by atoms with Crippen molar-refractivity contribution in [1.82, 2.24) is 0 Å². The van der Waals surface area contributed by atoms with Gasteiger partial charge in [0.05, 0.1) is 6.26 Å². The molecule has 52 valence electrons. The highest BCUT2D eigenvalue weighted by Gasteiger charge is 2.33. The van der Waals surface area contributed by atoms with Crippen LogP contribution in [0.1, 0.15) is 6.92 Å². The summed E-state index contributed by atoms with van der Waals surface area (Å²) in [7, 11) is 0. The third-order valence-corrected chi connectivity index (χ3v) is 0.549. The van der Waals surface area contributed by atoms with Crippen LogP contribution in [0, 0.1) is 0 Å². The maximum atomic E-state index is 11.8. The van der Waals surface area contributed by atoms with Gasteiger partial charge in [0.15, 0.2) is 0 Å². The van der Waals surface area contributed by atoms with Gasteiger partial charge in [0.1, 0.15) is 0 Å². The van der Waals surface area contributed by atoms with Crippen molar-refractivity contribution in [2.75, 3.05) is 0 Å². The molecule has 0 bridgehead atoms. The first-order valence-electron chi connectivity index (χ1n) is 2.18. The molecule has 0 aliphatic rings. The maximum Gasteiger partial charge on any atom is 0.381 e. The van der Waals surface area contributed by atoms with Gasteiger partial charge < -0.3 is 4.74 Å². The average Bonchev–Trinajstić information content (AvgIpc) is 1.64. The standard InChI is InChI=1S/C5H6F2O2/c1-3-9-4(8)5(2,6)7/h3H,1H2,2H3. The molecule has 0 unspecified atom stereocenters. The minimum absolute atomic E-state index is 0.457. The van der Waals surface area contributed by atoms with E-state index in [4.69, 9.17) is 0 Å².